The number of allylic oxidation sites excluding steroid dienone is 1. The fourth-order valence-electron chi connectivity index (χ4n) is 3.56. The summed E-state index contributed by atoms with van der Waals surface area (Å²) < 4.78 is 33.9. The molecule has 0 aliphatic heterocycles. The summed E-state index contributed by atoms with van der Waals surface area (Å²) in [6, 6.07) is 27.8. The fourth-order valence-corrected chi connectivity index (χ4v) is 3.56. The van der Waals surface area contributed by atoms with E-state index in [9.17, 15) is 9.90 Å². The molecule has 3 aromatic carbocycles. The molecule has 174 valence electrons. The predicted octanol–water partition coefficient (Wildman–Crippen LogP) is 5.93. The molecule has 1 N–H and O–H groups in total. The maximum atomic E-state index is 16.4. The van der Waals surface area contributed by atoms with Gasteiger partial charge in [-0.3, -0.25) is 0 Å². The van der Waals surface area contributed by atoms with Gasteiger partial charge in [0.15, 0.2) is 5.76 Å². The molecule has 1 unspecified atom stereocenters. The highest BCUT2D eigenvalue weighted by Crippen LogP contribution is 2.40. The van der Waals surface area contributed by atoms with Gasteiger partial charge in [-0.2, -0.15) is 0 Å². The third kappa shape index (κ3) is 5.91. The number of ether oxygens (including phenoxy) is 3. The number of benzene rings is 3. The molecule has 0 fully saturated rings. The van der Waals surface area contributed by atoms with E-state index in [0.29, 0.717) is 0 Å². The lowest BCUT2D eigenvalue weighted by atomic mass is 9.97. The van der Waals surface area contributed by atoms with Crippen LogP contribution in [0.3, 0.4) is 0 Å². The van der Waals surface area contributed by atoms with Crippen molar-refractivity contribution in [3.63, 3.8) is 0 Å². The third-order valence-corrected chi connectivity index (χ3v) is 5.33. The Hall–Kier alpha value is -3.90. The van der Waals surface area contributed by atoms with Gasteiger partial charge in [0.25, 0.3) is 5.85 Å². The van der Waals surface area contributed by atoms with Crippen LogP contribution >= 0.6 is 0 Å². The summed E-state index contributed by atoms with van der Waals surface area (Å²) >= 11 is 0. The van der Waals surface area contributed by atoms with Gasteiger partial charge in [0.1, 0.15) is 13.2 Å². The van der Waals surface area contributed by atoms with Crippen LogP contribution in [-0.2, 0) is 38.8 Å². The zero-order valence-electron chi connectivity index (χ0n) is 18.5. The highest BCUT2D eigenvalue weighted by Gasteiger charge is 2.45. The Morgan fingerprint density at radius 1 is 0.765 bits per heavy atom. The number of aliphatic carboxylic acids is 1. The van der Waals surface area contributed by atoms with Crippen LogP contribution in [0, 0.1) is 0 Å². The van der Waals surface area contributed by atoms with Crippen LogP contribution < -0.4 is 0 Å². The first-order valence-corrected chi connectivity index (χ1v) is 10.9. The van der Waals surface area contributed by atoms with Gasteiger partial charge in [-0.05, 0) is 22.8 Å². The van der Waals surface area contributed by atoms with E-state index in [1.165, 1.54) is 6.08 Å². The third-order valence-electron chi connectivity index (χ3n) is 5.33. The zero-order chi connectivity index (χ0) is 23.8. The fraction of sp³-hybridized carbons (Fsp3) is 0.179. The second kappa shape index (κ2) is 10.8. The monoisotopic (exact) mass is 460 g/mol. The topological polar surface area (TPSA) is 65.0 Å². The summed E-state index contributed by atoms with van der Waals surface area (Å²) in [5.41, 5.74) is 2.27. The summed E-state index contributed by atoms with van der Waals surface area (Å²) in [6.45, 7) is 0.131. The summed E-state index contributed by atoms with van der Waals surface area (Å²) in [5, 5.41) is 9.64. The maximum absolute atomic E-state index is 16.4. The molecule has 34 heavy (non-hydrogen) atoms. The number of carboxylic acid groups (broad SMARTS) is 1. The summed E-state index contributed by atoms with van der Waals surface area (Å²) in [4.78, 5) is 11.8. The van der Waals surface area contributed by atoms with E-state index in [2.05, 4.69) is 0 Å². The average Bonchev–Trinajstić information content (AvgIpc) is 2.87. The molecule has 1 atom stereocenters. The number of hydrogen-bond acceptors (Lipinski definition) is 4. The summed E-state index contributed by atoms with van der Waals surface area (Å²) in [5.74, 6) is -3.93. The van der Waals surface area contributed by atoms with Gasteiger partial charge in [-0.25, -0.2) is 9.18 Å². The lowest BCUT2D eigenvalue weighted by molar-refractivity contribution is -0.163. The van der Waals surface area contributed by atoms with Crippen molar-refractivity contribution in [3.05, 3.63) is 131 Å². The molecule has 1 aliphatic carbocycles. The smallest absolute Gasteiger partial charge is 0.331 e. The Kier molecular flexibility index (Phi) is 7.40. The van der Waals surface area contributed by atoms with Gasteiger partial charge >= 0.3 is 5.97 Å². The first kappa shape index (κ1) is 23.3. The van der Waals surface area contributed by atoms with E-state index in [1.807, 2.05) is 78.9 Å². The van der Waals surface area contributed by atoms with Crippen LogP contribution in [0.1, 0.15) is 23.1 Å². The first-order valence-electron chi connectivity index (χ1n) is 10.9. The molecule has 0 radical (unpaired) electrons. The summed E-state index contributed by atoms with van der Waals surface area (Å²) in [7, 11) is 0. The van der Waals surface area contributed by atoms with Crippen molar-refractivity contribution in [2.45, 2.75) is 32.1 Å². The van der Waals surface area contributed by atoms with Crippen LogP contribution in [0.15, 0.2) is 114 Å². The molecule has 0 aromatic heterocycles. The molecule has 3 aromatic rings. The van der Waals surface area contributed by atoms with Gasteiger partial charge in [0.05, 0.1) is 6.61 Å². The highest BCUT2D eigenvalue weighted by molar-refractivity contribution is 5.88. The van der Waals surface area contributed by atoms with E-state index >= 15 is 4.39 Å². The Morgan fingerprint density at radius 2 is 1.24 bits per heavy atom. The molecule has 4 rings (SSSR count). The molecule has 0 saturated heterocycles. The van der Waals surface area contributed by atoms with Crippen molar-refractivity contribution < 1.29 is 28.5 Å². The van der Waals surface area contributed by atoms with E-state index in [0.717, 1.165) is 16.7 Å². The van der Waals surface area contributed by atoms with E-state index in [1.54, 1.807) is 12.1 Å². The largest absolute Gasteiger partial charge is 0.485 e. The number of rotatable bonds is 10. The average molecular weight is 461 g/mol. The SMILES string of the molecule is O=C(O)C1=CC(OCc2ccccc2)=C(OCc2ccccc2)C(F)(OCc2ccccc2)C1. The molecule has 0 bridgehead atoms. The standard InChI is InChI=1S/C28H25FO5/c29-28(34-20-23-14-8-3-9-15-23)17-24(27(30)31)16-25(32-18-21-10-4-1-5-11-21)26(28)33-19-22-12-6-2-7-13-22/h1-16H,17-20H2,(H,30,31). The molecule has 0 amide bonds. The Balaban J connectivity index is 1.66. The van der Waals surface area contributed by atoms with Crippen LogP contribution in [0.4, 0.5) is 4.39 Å². The van der Waals surface area contributed by atoms with Crippen molar-refractivity contribution in [1.82, 2.24) is 0 Å². The van der Waals surface area contributed by atoms with Gasteiger partial charge in [-0.1, -0.05) is 91.0 Å². The first-order chi connectivity index (χ1) is 16.5. The maximum Gasteiger partial charge on any atom is 0.331 e. The van der Waals surface area contributed by atoms with Crippen LogP contribution in [0.5, 0.6) is 0 Å². The number of halogens is 1. The van der Waals surface area contributed by atoms with Crippen molar-refractivity contribution in [2.75, 3.05) is 0 Å². The second-order valence-corrected chi connectivity index (χ2v) is 7.90. The molecule has 0 spiro atoms. The number of alkyl halides is 1. The zero-order valence-corrected chi connectivity index (χ0v) is 18.5. The molecule has 0 saturated carbocycles. The van der Waals surface area contributed by atoms with Gasteiger partial charge in [0, 0.05) is 12.0 Å². The van der Waals surface area contributed by atoms with Crippen molar-refractivity contribution in [3.8, 4) is 0 Å². The Morgan fingerprint density at radius 3 is 1.74 bits per heavy atom. The minimum absolute atomic E-state index is 0.000930. The van der Waals surface area contributed by atoms with E-state index in [4.69, 9.17) is 14.2 Å². The molecule has 0 heterocycles. The number of hydrogen-bond donors (Lipinski definition) is 1. The van der Waals surface area contributed by atoms with Crippen molar-refractivity contribution in [1.29, 1.82) is 0 Å². The molecule has 6 heteroatoms. The molecular weight excluding hydrogens is 435 g/mol. The quantitative estimate of drug-likeness (QED) is 0.406. The minimum atomic E-state index is -2.51. The Labute approximate surface area is 197 Å². The van der Waals surface area contributed by atoms with Crippen LogP contribution in [0.2, 0.25) is 0 Å². The van der Waals surface area contributed by atoms with E-state index < -0.39 is 18.2 Å². The van der Waals surface area contributed by atoms with E-state index in [-0.39, 0.29) is 36.9 Å². The number of carbonyl (C=O) groups is 1. The van der Waals surface area contributed by atoms with Crippen molar-refractivity contribution >= 4 is 5.97 Å². The lowest BCUT2D eigenvalue weighted by Gasteiger charge is -2.32. The molecule has 1 aliphatic rings. The van der Waals surface area contributed by atoms with Crippen LogP contribution in [0.25, 0.3) is 0 Å². The molecular formula is C28H25FO5. The van der Waals surface area contributed by atoms with Gasteiger partial charge < -0.3 is 19.3 Å². The lowest BCUT2D eigenvalue weighted by Crippen LogP contribution is -2.36. The predicted molar refractivity (Wildman–Crippen MR) is 125 cm³/mol. The minimum Gasteiger partial charge on any atom is -0.485 e. The van der Waals surface area contributed by atoms with Crippen LogP contribution in [-0.4, -0.2) is 16.9 Å². The second-order valence-electron chi connectivity index (χ2n) is 7.90. The number of carboxylic acids is 1. The molecule has 5 nitrogen and oxygen atoms in total. The highest BCUT2D eigenvalue weighted by atomic mass is 19.2. The normalized spacial score (nSPS) is 17.7. The van der Waals surface area contributed by atoms with Gasteiger partial charge in [-0.15, -0.1) is 0 Å². The van der Waals surface area contributed by atoms with Crippen molar-refractivity contribution in [2.24, 2.45) is 0 Å². The summed E-state index contributed by atoms with van der Waals surface area (Å²) in [6.07, 6.45) is 0.812. The van der Waals surface area contributed by atoms with Gasteiger partial charge in [0.2, 0.25) is 5.76 Å². The Bertz CT molecular complexity index is 1160.